The summed E-state index contributed by atoms with van der Waals surface area (Å²) in [7, 11) is 0. The van der Waals surface area contributed by atoms with Crippen LogP contribution in [0.5, 0.6) is 0 Å². The van der Waals surface area contributed by atoms with Gasteiger partial charge in [0.05, 0.1) is 23.4 Å². The predicted octanol–water partition coefficient (Wildman–Crippen LogP) is 6.60. The van der Waals surface area contributed by atoms with E-state index in [0.717, 1.165) is 64.2 Å². The highest BCUT2D eigenvalue weighted by Crippen LogP contribution is 2.49. The standard InChI is InChI=1S/C22H40O2/c1-7-13-15-17-21(11-5)22(12-6,18-16-14-8-2)24-20(10-4)19(9-3)23-21/h7-8,19-20H,1-2,9-18H2,3-6H3. The maximum atomic E-state index is 6.87. The van der Waals surface area contributed by atoms with E-state index in [2.05, 4.69) is 40.9 Å². The topological polar surface area (TPSA) is 18.5 Å². The van der Waals surface area contributed by atoms with Crippen molar-refractivity contribution in [2.24, 2.45) is 0 Å². The van der Waals surface area contributed by atoms with E-state index in [4.69, 9.17) is 9.47 Å². The molecule has 0 aromatic carbocycles. The van der Waals surface area contributed by atoms with Gasteiger partial charge in [0.25, 0.3) is 0 Å². The Bertz CT molecular complexity index is 342. The fourth-order valence-electron chi connectivity index (χ4n) is 4.44. The van der Waals surface area contributed by atoms with E-state index in [9.17, 15) is 0 Å². The highest BCUT2D eigenvalue weighted by molar-refractivity contribution is 5.06. The van der Waals surface area contributed by atoms with Crippen molar-refractivity contribution in [3.63, 3.8) is 0 Å². The molecule has 2 nitrogen and oxygen atoms in total. The molecule has 0 aromatic heterocycles. The van der Waals surface area contributed by atoms with Gasteiger partial charge in [-0.25, -0.2) is 0 Å². The van der Waals surface area contributed by atoms with Gasteiger partial charge in [-0.1, -0.05) is 39.8 Å². The first-order chi connectivity index (χ1) is 11.6. The lowest BCUT2D eigenvalue weighted by Gasteiger charge is -2.58. The van der Waals surface area contributed by atoms with Crippen LogP contribution in [0.1, 0.15) is 91.9 Å². The van der Waals surface area contributed by atoms with Crippen molar-refractivity contribution in [2.45, 2.75) is 115 Å². The number of unbranched alkanes of at least 4 members (excludes halogenated alkanes) is 2. The summed E-state index contributed by atoms with van der Waals surface area (Å²) in [6, 6.07) is 0. The zero-order valence-electron chi connectivity index (χ0n) is 16.6. The molecule has 1 heterocycles. The smallest absolute Gasteiger partial charge is 0.0973 e. The lowest BCUT2D eigenvalue weighted by Crippen LogP contribution is -2.65. The first-order valence-electron chi connectivity index (χ1n) is 10.2. The third-order valence-corrected chi connectivity index (χ3v) is 5.92. The number of ether oxygens (including phenoxy) is 2. The Morgan fingerprint density at radius 3 is 1.38 bits per heavy atom. The van der Waals surface area contributed by atoms with E-state index in [0.29, 0.717) is 0 Å². The number of allylic oxidation sites excluding steroid dienone is 2. The molecule has 4 atom stereocenters. The Kier molecular flexibility index (Phi) is 9.30. The Balaban J connectivity index is 3.15. The van der Waals surface area contributed by atoms with Gasteiger partial charge in [-0.05, 0) is 64.2 Å². The van der Waals surface area contributed by atoms with Gasteiger partial charge in [0.1, 0.15) is 0 Å². The monoisotopic (exact) mass is 336 g/mol. The highest BCUT2D eigenvalue weighted by atomic mass is 16.6. The maximum absolute atomic E-state index is 6.87. The summed E-state index contributed by atoms with van der Waals surface area (Å²) < 4.78 is 13.7. The van der Waals surface area contributed by atoms with Crippen molar-refractivity contribution in [3.8, 4) is 0 Å². The van der Waals surface area contributed by atoms with Gasteiger partial charge in [-0.3, -0.25) is 0 Å². The lowest BCUT2D eigenvalue weighted by molar-refractivity contribution is -0.325. The third-order valence-electron chi connectivity index (χ3n) is 5.92. The lowest BCUT2D eigenvalue weighted by atomic mass is 9.70. The summed E-state index contributed by atoms with van der Waals surface area (Å²) in [5.74, 6) is 0. The molecule has 0 N–H and O–H groups in total. The quantitative estimate of drug-likeness (QED) is 0.295. The van der Waals surface area contributed by atoms with Gasteiger partial charge in [0.15, 0.2) is 0 Å². The van der Waals surface area contributed by atoms with Crippen molar-refractivity contribution < 1.29 is 9.47 Å². The minimum atomic E-state index is -0.168. The largest absolute Gasteiger partial charge is 0.366 e. The van der Waals surface area contributed by atoms with Gasteiger partial charge < -0.3 is 9.47 Å². The second-order valence-electron chi connectivity index (χ2n) is 7.19. The fourth-order valence-corrected chi connectivity index (χ4v) is 4.44. The van der Waals surface area contributed by atoms with Gasteiger partial charge in [0, 0.05) is 0 Å². The molecule has 1 aliphatic heterocycles. The van der Waals surface area contributed by atoms with E-state index in [1.54, 1.807) is 0 Å². The van der Waals surface area contributed by atoms with E-state index in [1.165, 1.54) is 0 Å². The molecule has 2 heteroatoms. The maximum Gasteiger partial charge on any atom is 0.0973 e. The molecule has 1 fully saturated rings. The van der Waals surface area contributed by atoms with Crippen molar-refractivity contribution in [2.75, 3.05) is 0 Å². The van der Waals surface area contributed by atoms with E-state index < -0.39 is 0 Å². The minimum Gasteiger partial charge on any atom is -0.366 e. The second kappa shape index (κ2) is 10.4. The van der Waals surface area contributed by atoms with Crippen molar-refractivity contribution in [3.05, 3.63) is 25.3 Å². The molecule has 0 radical (unpaired) electrons. The molecule has 1 rings (SSSR count). The van der Waals surface area contributed by atoms with Crippen LogP contribution in [0.15, 0.2) is 25.3 Å². The van der Waals surface area contributed by atoms with E-state index >= 15 is 0 Å². The molecule has 0 bridgehead atoms. The summed E-state index contributed by atoms with van der Waals surface area (Å²) in [6.45, 7) is 16.7. The van der Waals surface area contributed by atoms with Crippen molar-refractivity contribution >= 4 is 0 Å². The Hall–Kier alpha value is -0.600. The molecule has 0 aliphatic carbocycles. The summed E-state index contributed by atoms with van der Waals surface area (Å²) in [6.07, 6.45) is 15.0. The molecule has 0 amide bonds. The molecule has 24 heavy (non-hydrogen) atoms. The van der Waals surface area contributed by atoms with Crippen LogP contribution in [-0.4, -0.2) is 23.4 Å². The van der Waals surface area contributed by atoms with Crippen molar-refractivity contribution in [1.82, 2.24) is 0 Å². The van der Waals surface area contributed by atoms with Crippen LogP contribution in [0, 0.1) is 0 Å². The Morgan fingerprint density at radius 2 is 1.12 bits per heavy atom. The summed E-state index contributed by atoms with van der Waals surface area (Å²) in [5.41, 5.74) is -0.337. The predicted molar refractivity (Wildman–Crippen MR) is 104 cm³/mol. The van der Waals surface area contributed by atoms with Crippen LogP contribution in [0.2, 0.25) is 0 Å². The average Bonchev–Trinajstić information content (AvgIpc) is 2.62. The van der Waals surface area contributed by atoms with Crippen LogP contribution in [0.3, 0.4) is 0 Å². The SMILES string of the molecule is C=CCCCC1(CC)OC(CC)C(CC)OC1(CC)CCCC=C. The Labute approximate surface area is 150 Å². The van der Waals surface area contributed by atoms with Gasteiger partial charge in [-0.2, -0.15) is 0 Å². The molecule has 0 aromatic rings. The zero-order valence-corrected chi connectivity index (χ0v) is 16.6. The average molecular weight is 337 g/mol. The van der Waals surface area contributed by atoms with Gasteiger partial charge in [0.2, 0.25) is 0 Å². The molecule has 1 aliphatic rings. The summed E-state index contributed by atoms with van der Waals surface area (Å²) in [5, 5.41) is 0. The highest BCUT2D eigenvalue weighted by Gasteiger charge is 2.56. The van der Waals surface area contributed by atoms with Crippen LogP contribution in [0.4, 0.5) is 0 Å². The third kappa shape index (κ3) is 4.52. The molecular formula is C22H40O2. The normalized spacial score (nSPS) is 33.3. The van der Waals surface area contributed by atoms with E-state index in [1.807, 2.05) is 12.2 Å². The summed E-state index contributed by atoms with van der Waals surface area (Å²) >= 11 is 0. The van der Waals surface area contributed by atoms with Crippen LogP contribution >= 0.6 is 0 Å². The van der Waals surface area contributed by atoms with Crippen LogP contribution in [0.25, 0.3) is 0 Å². The van der Waals surface area contributed by atoms with Gasteiger partial charge >= 0.3 is 0 Å². The zero-order chi connectivity index (χ0) is 18.1. The molecule has 1 saturated heterocycles. The fraction of sp³-hybridized carbons (Fsp3) is 0.818. The summed E-state index contributed by atoms with van der Waals surface area (Å²) in [4.78, 5) is 0. The minimum absolute atomic E-state index is 0.168. The molecule has 4 unspecified atom stereocenters. The molecule has 140 valence electrons. The number of hydrogen-bond donors (Lipinski definition) is 0. The number of hydrogen-bond acceptors (Lipinski definition) is 2. The molecule has 0 spiro atoms. The van der Waals surface area contributed by atoms with Crippen molar-refractivity contribution in [1.29, 1.82) is 0 Å². The van der Waals surface area contributed by atoms with Gasteiger partial charge in [-0.15, -0.1) is 13.2 Å². The Morgan fingerprint density at radius 1 is 0.750 bits per heavy atom. The van der Waals surface area contributed by atoms with Crippen LogP contribution in [-0.2, 0) is 9.47 Å². The first kappa shape index (κ1) is 21.4. The second-order valence-corrected chi connectivity index (χ2v) is 7.19. The molecular weight excluding hydrogens is 296 g/mol. The van der Waals surface area contributed by atoms with Crippen LogP contribution < -0.4 is 0 Å². The number of rotatable bonds is 12. The van der Waals surface area contributed by atoms with E-state index in [-0.39, 0.29) is 23.4 Å². The first-order valence-corrected chi connectivity index (χ1v) is 10.2. The molecule has 0 saturated carbocycles.